The fourth-order valence-electron chi connectivity index (χ4n) is 3.19. The lowest BCUT2D eigenvalue weighted by Gasteiger charge is -2.34. The highest BCUT2D eigenvalue weighted by molar-refractivity contribution is 6.17. The lowest BCUT2D eigenvalue weighted by Crippen LogP contribution is -2.31. The van der Waals surface area contributed by atoms with Crippen molar-refractivity contribution in [2.24, 2.45) is 5.41 Å². The third-order valence-electron chi connectivity index (χ3n) is 4.62. The summed E-state index contributed by atoms with van der Waals surface area (Å²) in [4.78, 5) is 4.85. The molecule has 1 aliphatic heterocycles. The third kappa shape index (κ3) is 2.95. The average Bonchev–Trinajstić information content (AvgIpc) is 2.80. The van der Waals surface area contributed by atoms with Gasteiger partial charge in [-0.15, -0.1) is 11.6 Å². The molecular weight excluding hydrogens is 284 g/mol. The number of halogens is 1. The minimum Gasteiger partial charge on any atom is -0.381 e. The Morgan fingerprint density at radius 1 is 1.33 bits per heavy atom. The smallest absolute Gasteiger partial charge is 0.111 e. The Hall–Kier alpha value is -1.06. The Balaban J connectivity index is 2.02. The van der Waals surface area contributed by atoms with E-state index in [4.69, 9.17) is 21.3 Å². The predicted molar refractivity (Wildman–Crippen MR) is 87.1 cm³/mol. The molecule has 1 aromatic carbocycles. The molecule has 3 nitrogen and oxygen atoms in total. The molecule has 114 valence electrons. The number of benzene rings is 1. The van der Waals surface area contributed by atoms with Crippen molar-refractivity contribution in [3.8, 4) is 0 Å². The Kier molecular flexibility index (Phi) is 4.23. The van der Waals surface area contributed by atoms with Crippen LogP contribution in [0.4, 0.5) is 0 Å². The maximum absolute atomic E-state index is 5.98. The maximum Gasteiger partial charge on any atom is 0.111 e. The number of aryl methyl sites for hydroxylation is 2. The molecule has 0 aliphatic carbocycles. The number of rotatable bonds is 4. The zero-order valence-corrected chi connectivity index (χ0v) is 13.6. The molecule has 0 radical (unpaired) electrons. The van der Waals surface area contributed by atoms with Gasteiger partial charge < -0.3 is 9.30 Å². The van der Waals surface area contributed by atoms with Crippen molar-refractivity contribution in [2.45, 2.75) is 39.7 Å². The van der Waals surface area contributed by atoms with E-state index >= 15 is 0 Å². The van der Waals surface area contributed by atoms with Crippen molar-refractivity contribution in [3.05, 3.63) is 29.6 Å². The number of alkyl halides is 1. The first-order valence-corrected chi connectivity index (χ1v) is 8.25. The lowest BCUT2D eigenvalue weighted by atomic mass is 9.82. The van der Waals surface area contributed by atoms with Crippen LogP contribution in [-0.4, -0.2) is 28.6 Å². The molecule has 21 heavy (non-hydrogen) atoms. The number of aromatic nitrogens is 2. The summed E-state index contributed by atoms with van der Waals surface area (Å²) < 4.78 is 7.91. The maximum atomic E-state index is 5.98. The van der Waals surface area contributed by atoms with Gasteiger partial charge in [-0.05, 0) is 36.8 Å². The molecule has 1 aliphatic rings. The van der Waals surface area contributed by atoms with Crippen molar-refractivity contribution < 1.29 is 4.74 Å². The summed E-state index contributed by atoms with van der Waals surface area (Å²) in [6.45, 7) is 7.23. The van der Waals surface area contributed by atoms with E-state index < -0.39 is 0 Å². The summed E-state index contributed by atoms with van der Waals surface area (Å²) in [5.74, 6) is 1.73. The van der Waals surface area contributed by atoms with Crippen LogP contribution in [0.1, 0.15) is 31.2 Å². The number of hydrogen-bond donors (Lipinski definition) is 0. The van der Waals surface area contributed by atoms with Gasteiger partial charge in [-0.3, -0.25) is 0 Å². The molecule has 0 unspecified atom stereocenters. The summed E-state index contributed by atoms with van der Waals surface area (Å²) in [6, 6.07) is 6.42. The van der Waals surface area contributed by atoms with E-state index in [9.17, 15) is 0 Å². The summed E-state index contributed by atoms with van der Waals surface area (Å²) in [6.07, 6.45) is 3.04. The van der Waals surface area contributed by atoms with Crippen molar-refractivity contribution in [1.29, 1.82) is 0 Å². The molecule has 0 spiro atoms. The van der Waals surface area contributed by atoms with Crippen LogP contribution < -0.4 is 0 Å². The number of nitrogens with zero attached hydrogens (tertiary/aromatic N) is 2. The summed E-state index contributed by atoms with van der Waals surface area (Å²) in [5, 5.41) is 0. The van der Waals surface area contributed by atoms with Crippen LogP contribution in [0.3, 0.4) is 0 Å². The van der Waals surface area contributed by atoms with Gasteiger partial charge in [0.15, 0.2) is 0 Å². The Labute approximate surface area is 131 Å². The minimum atomic E-state index is 0.288. The van der Waals surface area contributed by atoms with Gasteiger partial charge in [-0.2, -0.15) is 0 Å². The molecule has 0 atom stereocenters. The summed E-state index contributed by atoms with van der Waals surface area (Å²) in [7, 11) is 0. The van der Waals surface area contributed by atoms with Crippen LogP contribution in [0.15, 0.2) is 18.2 Å². The van der Waals surface area contributed by atoms with Gasteiger partial charge in [0.05, 0.1) is 11.0 Å². The number of fused-ring (bicyclic) bond motifs is 1. The normalized spacial score (nSPS) is 18.2. The van der Waals surface area contributed by atoms with E-state index in [1.807, 2.05) is 0 Å². The molecule has 0 N–H and O–H groups in total. The molecule has 0 bridgehead atoms. The molecule has 1 aromatic heterocycles. The van der Waals surface area contributed by atoms with Crippen LogP contribution in [0.25, 0.3) is 11.0 Å². The molecule has 0 saturated carbocycles. The molecule has 0 amide bonds. The van der Waals surface area contributed by atoms with Crippen LogP contribution in [0.2, 0.25) is 0 Å². The summed E-state index contributed by atoms with van der Waals surface area (Å²) >= 11 is 5.98. The van der Waals surface area contributed by atoms with Gasteiger partial charge in [-0.25, -0.2) is 4.98 Å². The minimum absolute atomic E-state index is 0.288. The van der Waals surface area contributed by atoms with E-state index in [2.05, 4.69) is 36.6 Å². The van der Waals surface area contributed by atoms with E-state index in [1.54, 1.807) is 0 Å². The van der Waals surface area contributed by atoms with Gasteiger partial charge in [0, 0.05) is 32.1 Å². The van der Waals surface area contributed by atoms with Crippen molar-refractivity contribution in [2.75, 3.05) is 19.1 Å². The van der Waals surface area contributed by atoms with Crippen molar-refractivity contribution >= 4 is 22.6 Å². The van der Waals surface area contributed by atoms with Gasteiger partial charge in [0.2, 0.25) is 0 Å². The Morgan fingerprint density at radius 3 is 2.81 bits per heavy atom. The quantitative estimate of drug-likeness (QED) is 0.800. The number of para-hydroxylation sites is 1. The topological polar surface area (TPSA) is 27.1 Å². The third-order valence-corrected chi connectivity index (χ3v) is 4.81. The van der Waals surface area contributed by atoms with E-state index in [-0.39, 0.29) is 5.41 Å². The molecule has 4 heteroatoms. The highest BCUT2D eigenvalue weighted by Crippen LogP contribution is 2.34. The second-order valence-corrected chi connectivity index (χ2v) is 6.80. The van der Waals surface area contributed by atoms with E-state index in [0.717, 1.165) is 50.4 Å². The zero-order chi connectivity index (χ0) is 14.9. The standard InChI is InChI=1S/C17H23ClN2O/c1-13-4-3-5-14-16(13)19-15(6-9-18)20(14)12-17(2)7-10-21-11-8-17/h3-5H,6-12H2,1-2H3. The zero-order valence-electron chi connectivity index (χ0n) is 12.9. The number of hydrogen-bond acceptors (Lipinski definition) is 2. The second-order valence-electron chi connectivity index (χ2n) is 6.42. The first kappa shape index (κ1) is 14.9. The second kappa shape index (κ2) is 5.98. The summed E-state index contributed by atoms with van der Waals surface area (Å²) in [5.41, 5.74) is 3.88. The number of imidazole rings is 1. The lowest BCUT2D eigenvalue weighted by molar-refractivity contribution is 0.0157. The SMILES string of the molecule is Cc1cccc2c1nc(CCCl)n2CC1(C)CCOCC1. The molecule has 2 heterocycles. The molecule has 1 fully saturated rings. The van der Waals surface area contributed by atoms with Crippen molar-refractivity contribution in [1.82, 2.24) is 9.55 Å². The molecule has 1 saturated heterocycles. The van der Waals surface area contributed by atoms with E-state index in [0.29, 0.717) is 5.88 Å². The van der Waals surface area contributed by atoms with Gasteiger partial charge in [0.25, 0.3) is 0 Å². The molecule has 2 aromatic rings. The van der Waals surface area contributed by atoms with Gasteiger partial charge in [-0.1, -0.05) is 19.1 Å². The largest absolute Gasteiger partial charge is 0.381 e. The van der Waals surface area contributed by atoms with Crippen molar-refractivity contribution in [3.63, 3.8) is 0 Å². The highest BCUT2D eigenvalue weighted by Gasteiger charge is 2.29. The monoisotopic (exact) mass is 306 g/mol. The van der Waals surface area contributed by atoms with E-state index in [1.165, 1.54) is 11.1 Å². The predicted octanol–water partition coefficient (Wildman–Crippen LogP) is 3.94. The van der Waals surface area contributed by atoms with Crippen LogP contribution in [0.5, 0.6) is 0 Å². The van der Waals surface area contributed by atoms with Gasteiger partial charge in [0.1, 0.15) is 5.82 Å². The molecular formula is C17H23ClN2O. The average molecular weight is 307 g/mol. The first-order valence-electron chi connectivity index (χ1n) is 7.71. The highest BCUT2D eigenvalue weighted by atomic mass is 35.5. The first-order chi connectivity index (χ1) is 10.1. The van der Waals surface area contributed by atoms with Crippen LogP contribution >= 0.6 is 11.6 Å². The van der Waals surface area contributed by atoms with Crippen LogP contribution in [0, 0.1) is 12.3 Å². The molecule has 3 rings (SSSR count). The fraction of sp³-hybridized carbons (Fsp3) is 0.588. The van der Waals surface area contributed by atoms with Crippen LogP contribution in [-0.2, 0) is 17.7 Å². The Bertz CT molecular complexity index is 629. The van der Waals surface area contributed by atoms with Gasteiger partial charge >= 0.3 is 0 Å². The number of ether oxygens (including phenoxy) is 1. The fourth-order valence-corrected chi connectivity index (χ4v) is 3.36. The Morgan fingerprint density at radius 2 is 2.10 bits per heavy atom.